The molecular formula is C14H12Cl2O2. The summed E-state index contributed by atoms with van der Waals surface area (Å²) in [6.07, 6.45) is 0. The van der Waals surface area contributed by atoms with Crippen molar-refractivity contribution >= 4 is 23.2 Å². The Morgan fingerprint density at radius 1 is 1.00 bits per heavy atom. The van der Waals surface area contributed by atoms with Crippen LogP contribution in [0.3, 0.4) is 0 Å². The molecule has 0 unspecified atom stereocenters. The van der Waals surface area contributed by atoms with Crippen LogP contribution in [0.4, 0.5) is 0 Å². The van der Waals surface area contributed by atoms with Crippen molar-refractivity contribution in [3.8, 4) is 5.75 Å². The summed E-state index contributed by atoms with van der Waals surface area (Å²) < 4.78 is 5.62. The first kappa shape index (κ1) is 13.2. The predicted octanol–water partition coefficient (Wildman–Crippen LogP) is 4.06. The molecule has 0 bridgehead atoms. The third kappa shape index (κ3) is 3.16. The molecule has 0 saturated heterocycles. The highest BCUT2D eigenvalue weighted by atomic mass is 35.5. The molecule has 18 heavy (non-hydrogen) atoms. The minimum absolute atomic E-state index is 0.141. The van der Waals surface area contributed by atoms with Crippen LogP contribution in [-0.4, -0.2) is 5.11 Å². The summed E-state index contributed by atoms with van der Waals surface area (Å²) in [5.41, 5.74) is 1.65. The fourth-order valence-electron chi connectivity index (χ4n) is 1.54. The second-order valence-corrected chi connectivity index (χ2v) is 4.62. The van der Waals surface area contributed by atoms with Gasteiger partial charge in [-0.05, 0) is 23.3 Å². The third-order valence-electron chi connectivity index (χ3n) is 2.51. The molecule has 0 amide bonds. The lowest BCUT2D eigenvalue weighted by atomic mass is 10.2. The zero-order valence-electron chi connectivity index (χ0n) is 9.57. The van der Waals surface area contributed by atoms with E-state index in [9.17, 15) is 0 Å². The summed E-state index contributed by atoms with van der Waals surface area (Å²) in [5, 5.41) is 10.0. The fourth-order valence-corrected chi connectivity index (χ4v) is 2.04. The number of rotatable bonds is 4. The van der Waals surface area contributed by atoms with Gasteiger partial charge in [-0.25, -0.2) is 0 Å². The maximum absolute atomic E-state index is 9.14. The number of aliphatic hydroxyl groups is 1. The quantitative estimate of drug-likeness (QED) is 0.916. The van der Waals surface area contributed by atoms with E-state index in [1.165, 1.54) is 0 Å². The Hall–Kier alpha value is -1.22. The van der Waals surface area contributed by atoms with Crippen LogP contribution in [0.1, 0.15) is 11.1 Å². The topological polar surface area (TPSA) is 29.5 Å². The number of hydrogen-bond acceptors (Lipinski definition) is 2. The summed E-state index contributed by atoms with van der Waals surface area (Å²) in [6.45, 7) is 0.283. The van der Waals surface area contributed by atoms with E-state index in [1.54, 1.807) is 12.1 Å². The Morgan fingerprint density at radius 3 is 2.39 bits per heavy atom. The molecule has 94 valence electrons. The molecule has 2 nitrogen and oxygen atoms in total. The summed E-state index contributed by atoms with van der Waals surface area (Å²) in [6, 6.07) is 13.0. The first-order chi connectivity index (χ1) is 8.70. The lowest BCUT2D eigenvalue weighted by Crippen LogP contribution is -1.97. The van der Waals surface area contributed by atoms with Crippen molar-refractivity contribution in [2.45, 2.75) is 13.2 Å². The molecule has 0 spiro atoms. The van der Waals surface area contributed by atoms with Crippen molar-refractivity contribution < 1.29 is 9.84 Å². The Morgan fingerprint density at radius 2 is 1.72 bits per heavy atom. The monoisotopic (exact) mass is 282 g/mol. The van der Waals surface area contributed by atoms with Crippen LogP contribution < -0.4 is 4.74 Å². The van der Waals surface area contributed by atoms with Gasteiger partial charge in [-0.3, -0.25) is 0 Å². The molecule has 2 rings (SSSR count). The summed E-state index contributed by atoms with van der Waals surface area (Å²) in [5.74, 6) is 0.522. The number of halogens is 2. The number of aliphatic hydroxyl groups excluding tert-OH is 1. The SMILES string of the molecule is OCc1cc(OCc2ccccc2)c(Cl)cc1Cl. The minimum Gasteiger partial charge on any atom is -0.487 e. The van der Waals surface area contributed by atoms with Crippen molar-refractivity contribution in [2.75, 3.05) is 0 Å². The van der Waals surface area contributed by atoms with Gasteiger partial charge in [0.15, 0.2) is 0 Å². The van der Waals surface area contributed by atoms with Gasteiger partial charge in [0.05, 0.1) is 11.6 Å². The average molecular weight is 283 g/mol. The fraction of sp³-hybridized carbons (Fsp3) is 0.143. The third-order valence-corrected chi connectivity index (χ3v) is 3.16. The highest BCUT2D eigenvalue weighted by Gasteiger charge is 2.08. The molecule has 1 N–H and O–H groups in total. The Labute approximate surface area is 116 Å². The van der Waals surface area contributed by atoms with Gasteiger partial charge >= 0.3 is 0 Å². The van der Waals surface area contributed by atoms with Gasteiger partial charge in [-0.1, -0.05) is 53.5 Å². The molecule has 0 aromatic heterocycles. The van der Waals surface area contributed by atoms with Gasteiger partial charge in [-0.2, -0.15) is 0 Å². The second-order valence-electron chi connectivity index (χ2n) is 3.81. The second kappa shape index (κ2) is 6.10. The Kier molecular flexibility index (Phi) is 4.48. The van der Waals surface area contributed by atoms with Gasteiger partial charge in [0, 0.05) is 5.02 Å². The number of benzene rings is 2. The molecule has 0 aliphatic rings. The Balaban J connectivity index is 2.14. The summed E-state index contributed by atoms with van der Waals surface area (Å²) in [4.78, 5) is 0. The van der Waals surface area contributed by atoms with E-state index in [4.69, 9.17) is 33.0 Å². The zero-order chi connectivity index (χ0) is 13.0. The van der Waals surface area contributed by atoms with Crippen molar-refractivity contribution in [2.24, 2.45) is 0 Å². The van der Waals surface area contributed by atoms with Crippen molar-refractivity contribution in [3.63, 3.8) is 0 Å². The lowest BCUT2D eigenvalue weighted by Gasteiger charge is -2.10. The van der Waals surface area contributed by atoms with Crippen LogP contribution in [0.2, 0.25) is 10.0 Å². The van der Waals surface area contributed by atoms with Gasteiger partial charge in [-0.15, -0.1) is 0 Å². The maximum Gasteiger partial charge on any atom is 0.138 e. The molecular weight excluding hydrogens is 271 g/mol. The molecule has 4 heteroatoms. The molecule has 2 aromatic carbocycles. The van der Waals surface area contributed by atoms with Crippen LogP contribution in [-0.2, 0) is 13.2 Å². The van der Waals surface area contributed by atoms with Gasteiger partial charge in [0.25, 0.3) is 0 Å². The smallest absolute Gasteiger partial charge is 0.138 e. The number of ether oxygens (including phenoxy) is 1. The van der Waals surface area contributed by atoms with E-state index in [0.29, 0.717) is 28.0 Å². The van der Waals surface area contributed by atoms with Crippen LogP contribution in [0, 0.1) is 0 Å². The molecule has 0 atom stereocenters. The predicted molar refractivity (Wildman–Crippen MR) is 73.2 cm³/mol. The van der Waals surface area contributed by atoms with Crippen LogP contribution in [0.15, 0.2) is 42.5 Å². The molecule has 0 radical (unpaired) electrons. The van der Waals surface area contributed by atoms with Crippen LogP contribution in [0.25, 0.3) is 0 Å². The number of hydrogen-bond donors (Lipinski definition) is 1. The zero-order valence-corrected chi connectivity index (χ0v) is 11.1. The van der Waals surface area contributed by atoms with Crippen LogP contribution in [0.5, 0.6) is 5.75 Å². The van der Waals surface area contributed by atoms with E-state index in [1.807, 2.05) is 30.3 Å². The largest absolute Gasteiger partial charge is 0.487 e. The van der Waals surface area contributed by atoms with E-state index in [-0.39, 0.29) is 6.61 Å². The average Bonchev–Trinajstić information content (AvgIpc) is 2.39. The first-order valence-electron chi connectivity index (χ1n) is 5.46. The van der Waals surface area contributed by atoms with Gasteiger partial charge in [0.1, 0.15) is 12.4 Å². The molecule has 0 saturated carbocycles. The maximum atomic E-state index is 9.14. The molecule has 0 fully saturated rings. The van der Waals surface area contributed by atoms with Crippen molar-refractivity contribution in [1.82, 2.24) is 0 Å². The van der Waals surface area contributed by atoms with Crippen molar-refractivity contribution in [3.05, 3.63) is 63.6 Å². The molecule has 2 aromatic rings. The Bertz CT molecular complexity index is 527. The van der Waals surface area contributed by atoms with E-state index in [2.05, 4.69) is 0 Å². The normalized spacial score (nSPS) is 10.4. The molecule has 0 aliphatic heterocycles. The highest BCUT2D eigenvalue weighted by molar-refractivity contribution is 6.36. The highest BCUT2D eigenvalue weighted by Crippen LogP contribution is 2.31. The molecule has 0 aliphatic carbocycles. The minimum atomic E-state index is -0.141. The van der Waals surface area contributed by atoms with E-state index in [0.717, 1.165) is 5.56 Å². The summed E-state index contributed by atoms with van der Waals surface area (Å²) in [7, 11) is 0. The van der Waals surface area contributed by atoms with Crippen molar-refractivity contribution in [1.29, 1.82) is 0 Å². The molecule has 0 heterocycles. The lowest BCUT2D eigenvalue weighted by molar-refractivity contribution is 0.278. The van der Waals surface area contributed by atoms with Gasteiger partial charge in [0.2, 0.25) is 0 Å². The van der Waals surface area contributed by atoms with E-state index < -0.39 is 0 Å². The summed E-state index contributed by atoms with van der Waals surface area (Å²) >= 11 is 12.0. The first-order valence-corrected chi connectivity index (χ1v) is 6.22. The van der Waals surface area contributed by atoms with Crippen LogP contribution >= 0.6 is 23.2 Å². The van der Waals surface area contributed by atoms with Gasteiger partial charge < -0.3 is 9.84 Å². The standard InChI is InChI=1S/C14H12Cl2O2/c15-12-7-13(16)14(6-11(12)8-17)18-9-10-4-2-1-3-5-10/h1-7,17H,8-9H2. The van der Waals surface area contributed by atoms with E-state index >= 15 is 0 Å².